The normalized spacial score (nSPS) is 23.7. The first-order chi connectivity index (χ1) is 12.3. The van der Waals surface area contributed by atoms with Crippen molar-refractivity contribution in [2.45, 2.75) is 56.8 Å². The third-order valence-corrected chi connectivity index (χ3v) is 5.33. The minimum Gasteiger partial charge on any atom is -0.336 e. The van der Waals surface area contributed by atoms with Gasteiger partial charge in [-0.05, 0) is 31.2 Å². The zero-order valence-corrected chi connectivity index (χ0v) is 14.6. The van der Waals surface area contributed by atoms with Gasteiger partial charge >= 0.3 is 6.18 Å². The fraction of sp³-hybridized carbons (Fsp3) is 0.579. The van der Waals surface area contributed by atoms with Gasteiger partial charge < -0.3 is 9.80 Å². The average molecular weight is 368 g/mol. The van der Waals surface area contributed by atoms with E-state index >= 15 is 0 Å². The molecular weight excluding hydrogens is 345 g/mol. The Labute approximate surface area is 151 Å². The number of nitrogens with zero attached hydrogens (tertiary/aromatic N) is 2. The molecule has 3 rings (SSSR count). The molecule has 2 aliphatic heterocycles. The van der Waals surface area contributed by atoms with Crippen LogP contribution >= 0.6 is 0 Å². The summed E-state index contributed by atoms with van der Waals surface area (Å²) in [5.41, 5.74) is 0.0567. The van der Waals surface area contributed by atoms with E-state index in [2.05, 4.69) is 0 Å². The molecule has 4 nitrogen and oxygen atoms in total. The minimum absolute atomic E-state index is 0.120. The molecule has 7 heteroatoms. The molecule has 2 fully saturated rings. The van der Waals surface area contributed by atoms with Crippen molar-refractivity contribution in [1.82, 2.24) is 9.80 Å². The zero-order valence-electron chi connectivity index (χ0n) is 14.6. The molecule has 1 unspecified atom stereocenters. The largest absolute Gasteiger partial charge is 0.389 e. The van der Waals surface area contributed by atoms with Crippen molar-refractivity contribution in [3.63, 3.8) is 0 Å². The summed E-state index contributed by atoms with van der Waals surface area (Å²) in [5.74, 6) is -0.680. The van der Waals surface area contributed by atoms with Crippen LogP contribution in [-0.2, 0) is 16.1 Å². The number of rotatable bonds is 4. The Morgan fingerprint density at radius 1 is 1.08 bits per heavy atom. The second-order valence-electron chi connectivity index (χ2n) is 7.11. The highest BCUT2D eigenvalue weighted by atomic mass is 19.4. The highest BCUT2D eigenvalue weighted by Gasteiger charge is 2.52. The zero-order chi connectivity index (χ0) is 18.8. The number of halogens is 3. The Bertz CT molecular complexity index is 662. The van der Waals surface area contributed by atoms with Crippen LogP contribution in [0.1, 0.15) is 44.1 Å². The van der Waals surface area contributed by atoms with Gasteiger partial charge in [-0.15, -0.1) is 0 Å². The van der Waals surface area contributed by atoms with Crippen LogP contribution in [0, 0.1) is 0 Å². The number of likely N-dealkylation sites (tertiary alicyclic amines) is 2. The van der Waals surface area contributed by atoms with Crippen LogP contribution in [0.5, 0.6) is 0 Å². The van der Waals surface area contributed by atoms with Gasteiger partial charge in [-0.25, -0.2) is 0 Å². The first-order valence-corrected chi connectivity index (χ1v) is 9.02. The lowest BCUT2D eigenvalue weighted by Gasteiger charge is -2.44. The number of hydrogen-bond donors (Lipinski definition) is 0. The maximum Gasteiger partial charge on any atom is 0.389 e. The third kappa shape index (κ3) is 3.86. The minimum atomic E-state index is -4.36. The molecule has 1 atom stereocenters. The van der Waals surface area contributed by atoms with Crippen LogP contribution in [0.4, 0.5) is 13.2 Å². The lowest BCUT2D eigenvalue weighted by atomic mass is 9.85. The summed E-state index contributed by atoms with van der Waals surface area (Å²) in [5, 5.41) is 0. The van der Waals surface area contributed by atoms with Gasteiger partial charge in [0.2, 0.25) is 11.8 Å². The Morgan fingerprint density at radius 2 is 1.73 bits per heavy atom. The van der Waals surface area contributed by atoms with Gasteiger partial charge in [0.1, 0.15) is 5.54 Å². The van der Waals surface area contributed by atoms with Crippen molar-refractivity contribution in [3.8, 4) is 0 Å². The molecule has 0 radical (unpaired) electrons. The highest BCUT2D eigenvalue weighted by molar-refractivity contribution is 5.92. The van der Waals surface area contributed by atoms with E-state index < -0.39 is 30.5 Å². The number of carbonyl (C=O) groups excluding carboxylic acids is 2. The Balaban J connectivity index is 1.74. The molecule has 0 saturated carbocycles. The van der Waals surface area contributed by atoms with Gasteiger partial charge in [0, 0.05) is 26.1 Å². The topological polar surface area (TPSA) is 40.6 Å². The summed E-state index contributed by atoms with van der Waals surface area (Å²) in [6.07, 6.45) is -3.61. The molecule has 1 spiro atoms. The van der Waals surface area contributed by atoms with Crippen LogP contribution in [0.2, 0.25) is 0 Å². The SMILES string of the molecule is O=C(CCC(F)(F)F)N1CCCC12CCCN(Cc1ccccc1)C2=O. The van der Waals surface area contributed by atoms with Crippen LogP contribution < -0.4 is 0 Å². The first-order valence-electron chi connectivity index (χ1n) is 9.02. The predicted octanol–water partition coefficient (Wildman–Crippen LogP) is 3.51. The Hall–Kier alpha value is -2.05. The number of carbonyl (C=O) groups is 2. The molecule has 1 aromatic rings. The summed E-state index contributed by atoms with van der Waals surface area (Å²) in [6.45, 7) is 1.44. The number of hydrogen-bond acceptors (Lipinski definition) is 2. The van der Waals surface area contributed by atoms with Gasteiger partial charge in [0.05, 0.1) is 6.42 Å². The summed E-state index contributed by atoms with van der Waals surface area (Å²) in [7, 11) is 0. The maximum absolute atomic E-state index is 13.2. The number of benzene rings is 1. The molecule has 2 heterocycles. The van der Waals surface area contributed by atoms with Crippen molar-refractivity contribution in [2.75, 3.05) is 13.1 Å². The molecular formula is C19H23F3N2O2. The summed E-state index contributed by atoms with van der Waals surface area (Å²) in [4.78, 5) is 28.8. The summed E-state index contributed by atoms with van der Waals surface area (Å²) in [6, 6.07) is 9.59. The van der Waals surface area contributed by atoms with Gasteiger partial charge in [-0.1, -0.05) is 30.3 Å². The highest BCUT2D eigenvalue weighted by Crippen LogP contribution is 2.39. The Kier molecular flexibility index (Phi) is 5.25. The smallest absolute Gasteiger partial charge is 0.336 e. The van der Waals surface area contributed by atoms with Crippen molar-refractivity contribution in [1.29, 1.82) is 0 Å². The summed E-state index contributed by atoms with van der Waals surface area (Å²) < 4.78 is 37.4. The number of piperidine rings is 1. The van der Waals surface area contributed by atoms with E-state index in [0.29, 0.717) is 38.9 Å². The number of amides is 2. The third-order valence-electron chi connectivity index (χ3n) is 5.33. The van der Waals surface area contributed by atoms with Crippen molar-refractivity contribution in [3.05, 3.63) is 35.9 Å². The predicted molar refractivity (Wildman–Crippen MR) is 90.1 cm³/mol. The molecule has 0 bridgehead atoms. The van der Waals surface area contributed by atoms with E-state index in [9.17, 15) is 22.8 Å². The fourth-order valence-electron chi connectivity index (χ4n) is 4.13. The maximum atomic E-state index is 13.2. The van der Waals surface area contributed by atoms with E-state index in [4.69, 9.17) is 0 Å². The van der Waals surface area contributed by atoms with Crippen LogP contribution in [0.15, 0.2) is 30.3 Å². The van der Waals surface area contributed by atoms with Gasteiger partial charge in [0.25, 0.3) is 0 Å². The molecule has 26 heavy (non-hydrogen) atoms. The van der Waals surface area contributed by atoms with Gasteiger partial charge in [-0.3, -0.25) is 9.59 Å². The first kappa shape index (κ1) is 18.7. The van der Waals surface area contributed by atoms with E-state index in [0.717, 1.165) is 12.0 Å². The van der Waals surface area contributed by atoms with Crippen LogP contribution in [-0.4, -0.2) is 46.4 Å². The standard InChI is InChI=1S/C19H23F3N2O2/c20-19(21,22)11-8-16(25)24-13-5-10-18(24)9-4-12-23(17(18)26)14-15-6-2-1-3-7-15/h1-3,6-7H,4-5,8-14H2. The molecule has 2 amide bonds. The number of alkyl halides is 3. The quantitative estimate of drug-likeness (QED) is 0.816. The van der Waals surface area contributed by atoms with Gasteiger partial charge in [-0.2, -0.15) is 13.2 Å². The van der Waals surface area contributed by atoms with Crippen molar-refractivity contribution < 1.29 is 22.8 Å². The Morgan fingerprint density at radius 3 is 2.38 bits per heavy atom. The van der Waals surface area contributed by atoms with Crippen LogP contribution in [0.25, 0.3) is 0 Å². The lowest BCUT2D eigenvalue weighted by Crippen LogP contribution is -2.61. The lowest BCUT2D eigenvalue weighted by molar-refractivity contribution is -0.160. The molecule has 2 aliphatic rings. The molecule has 142 valence electrons. The summed E-state index contributed by atoms with van der Waals surface area (Å²) >= 11 is 0. The molecule has 0 N–H and O–H groups in total. The van der Waals surface area contributed by atoms with E-state index in [1.807, 2.05) is 30.3 Å². The second kappa shape index (κ2) is 7.29. The van der Waals surface area contributed by atoms with Crippen molar-refractivity contribution >= 4 is 11.8 Å². The van der Waals surface area contributed by atoms with Crippen LogP contribution in [0.3, 0.4) is 0 Å². The monoisotopic (exact) mass is 368 g/mol. The molecule has 2 saturated heterocycles. The second-order valence-corrected chi connectivity index (χ2v) is 7.11. The molecule has 0 aliphatic carbocycles. The van der Waals surface area contributed by atoms with Gasteiger partial charge in [0.15, 0.2) is 0 Å². The fourth-order valence-corrected chi connectivity index (χ4v) is 4.13. The van der Waals surface area contributed by atoms with E-state index in [1.54, 1.807) is 4.90 Å². The average Bonchev–Trinajstić information content (AvgIpc) is 3.02. The molecule has 1 aromatic carbocycles. The van der Waals surface area contributed by atoms with E-state index in [-0.39, 0.29) is 5.91 Å². The molecule has 0 aromatic heterocycles. The van der Waals surface area contributed by atoms with E-state index in [1.165, 1.54) is 4.90 Å². The van der Waals surface area contributed by atoms with Crippen molar-refractivity contribution in [2.24, 2.45) is 0 Å².